The number of rotatable bonds is 4. The molecule has 0 unspecified atom stereocenters. The Hall–Kier alpha value is -0.740. The van der Waals surface area contributed by atoms with Crippen LogP contribution < -0.4 is 0 Å². The molecule has 0 aliphatic carbocycles. The van der Waals surface area contributed by atoms with Crippen LogP contribution in [-0.4, -0.2) is 30.6 Å². The molecule has 0 bridgehead atoms. The lowest BCUT2D eigenvalue weighted by Crippen LogP contribution is -2.42. The SMILES string of the molecule is CCN(C=O)C(F)(F)CF. The minimum Gasteiger partial charge on any atom is -0.284 e. The minimum absolute atomic E-state index is 0.0699. The molecule has 0 radical (unpaired) electrons. The van der Waals surface area contributed by atoms with Crippen LogP contribution in [0.15, 0.2) is 0 Å². The van der Waals surface area contributed by atoms with Crippen molar-refractivity contribution in [2.45, 2.75) is 13.0 Å². The van der Waals surface area contributed by atoms with Crippen molar-refractivity contribution in [3.8, 4) is 0 Å². The highest BCUT2D eigenvalue weighted by Crippen LogP contribution is 2.17. The number of hydrogen-bond acceptors (Lipinski definition) is 1. The van der Waals surface area contributed by atoms with E-state index in [1.807, 2.05) is 0 Å². The van der Waals surface area contributed by atoms with Crippen molar-refractivity contribution in [2.24, 2.45) is 0 Å². The molecule has 0 saturated carbocycles. The molecule has 0 atom stereocenters. The second kappa shape index (κ2) is 3.43. The van der Waals surface area contributed by atoms with E-state index in [1.165, 1.54) is 6.92 Å². The second-order valence-corrected chi connectivity index (χ2v) is 1.69. The molecule has 0 saturated heterocycles. The van der Waals surface area contributed by atoms with Crippen LogP contribution in [0.5, 0.6) is 0 Å². The van der Waals surface area contributed by atoms with Gasteiger partial charge in [0.25, 0.3) is 0 Å². The number of carbonyl (C=O) groups is 1. The van der Waals surface area contributed by atoms with Crippen molar-refractivity contribution in [3.63, 3.8) is 0 Å². The smallest absolute Gasteiger partial charge is 0.284 e. The van der Waals surface area contributed by atoms with Gasteiger partial charge in [-0.05, 0) is 6.92 Å². The van der Waals surface area contributed by atoms with Gasteiger partial charge in [0, 0.05) is 6.54 Å². The van der Waals surface area contributed by atoms with Gasteiger partial charge in [0.05, 0.1) is 0 Å². The van der Waals surface area contributed by atoms with E-state index in [1.54, 1.807) is 0 Å². The van der Waals surface area contributed by atoms with E-state index in [0.29, 0.717) is 0 Å². The summed E-state index contributed by atoms with van der Waals surface area (Å²) in [6.07, 6.45) is -0.0699. The molecule has 0 aliphatic heterocycles. The molecule has 5 heteroatoms. The molecular formula is C5H8F3NO. The number of amides is 1. The van der Waals surface area contributed by atoms with E-state index in [9.17, 15) is 18.0 Å². The zero-order chi connectivity index (χ0) is 8.20. The molecule has 0 heterocycles. The van der Waals surface area contributed by atoms with E-state index in [0.717, 1.165) is 0 Å². The molecule has 0 aromatic rings. The van der Waals surface area contributed by atoms with Crippen molar-refractivity contribution in [1.82, 2.24) is 4.90 Å². The quantitative estimate of drug-likeness (QED) is 0.438. The van der Waals surface area contributed by atoms with Crippen molar-refractivity contribution >= 4 is 6.41 Å². The van der Waals surface area contributed by atoms with Crippen LogP contribution in [0.3, 0.4) is 0 Å². The summed E-state index contributed by atoms with van der Waals surface area (Å²) in [5.74, 6) is 0. The Morgan fingerprint density at radius 3 is 2.20 bits per heavy atom. The van der Waals surface area contributed by atoms with Crippen LogP contribution in [0.25, 0.3) is 0 Å². The third kappa shape index (κ3) is 1.89. The van der Waals surface area contributed by atoms with Crippen LogP contribution in [0.4, 0.5) is 13.2 Å². The maximum atomic E-state index is 12.1. The van der Waals surface area contributed by atoms with Gasteiger partial charge in [-0.15, -0.1) is 0 Å². The van der Waals surface area contributed by atoms with E-state index < -0.39 is 12.7 Å². The first-order valence-electron chi connectivity index (χ1n) is 2.74. The maximum Gasteiger partial charge on any atom is 0.355 e. The predicted octanol–water partition coefficient (Wildman–Crippen LogP) is 1.03. The zero-order valence-electron chi connectivity index (χ0n) is 5.48. The summed E-state index contributed by atoms with van der Waals surface area (Å²) < 4.78 is 35.7. The fourth-order valence-corrected chi connectivity index (χ4v) is 0.460. The highest BCUT2D eigenvalue weighted by molar-refractivity contribution is 5.47. The first-order chi connectivity index (χ1) is 4.58. The van der Waals surface area contributed by atoms with E-state index in [4.69, 9.17) is 0 Å². The summed E-state index contributed by atoms with van der Waals surface area (Å²) in [5, 5.41) is 0. The molecule has 0 N–H and O–H groups in total. The summed E-state index contributed by atoms with van der Waals surface area (Å²) in [7, 11) is 0. The largest absolute Gasteiger partial charge is 0.355 e. The fraction of sp³-hybridized carbons (Fsp3) is 0.800. The molecule has 2 nitrogen and oxygen atoms in total. The lowest BCUT2D eigenvalue weighted by atomic mass is 10.5. The number of alkyl halides is 3. The third-order valence-electron chi connectivity index (χ3n) is 1.05. The van der Waals surface area contributed by atoms with Gasteiger partial charge in [-0.1, -0.05) is 0 Å². The van der Waals surface area contributed by atoms with Crippen molar-refractivity contribution < 1.29 is 18.0 Å². The highest BCUT2D eigenvalue weighted by atomic mass is 19.3. The van der Waals surface area contributed by atoms with Gasteiger partial charge >= 0.3 is 6.05 Å². The Morgan fingerprint density at radius 2 is 2.10 bits per heavy atom. The van der Waals surface area contributed by atoms with Gasteiger partial charge < -0.3 is 0 Å². The molecular weight excluding hydrogens is 147 g/mol. The summed E-state index contributed by atoms with van der Waals surface area (Å²) in [6.45, 7) is -0.683. The summed E-state index contributed by atoms with van der Waals surface area (Å²) >= 11 is 0. The lowest BCUT2D eigenvalue weighted by Gasteiger charge is -2.23. The van der Waals surface area contributed by atoms with Crippen LogP contribution in [0.1, 0.15) is 6.92 Å². The fourth-order valence-electron chi connectivity index (χ4n) is 0.460. The second-order valence-electron chi connectivity index (χ2n) is 1.69. The van der Waals surface area contributed by atoms with E-state index in [2.05, 4.69) is 0 Å². The Labute approximate surface area is 56.6 Å². The molecule has 60 valence electrons. The lowest BCUT2D eigenvalue weighted by molar-refractivity contribution is -0.166. The predicted molar refractivity (Wildman–Crippen MR) is 29.4 cm³/mol. The van der Waals surface area contributed by atoms with E-state index in [-0.39, 0.29) is 17.9 Å². The normalized spacial score (nSPS) is 11.2. The molecule has 0 aromatic carbocycles. The average molecular weight is 155 g/mol. The highest BCUT2D eigenvalue weighted by Gasteiger charge is 2.35. The number of carbonyl (C=O) groups excluding carboxylic acids is 1. The molecule has 10 heavy (non-hydrogen) atoms. The van der Waals surface area contributed by atoms with Crippen LogP contribution in [0.2, 0.25) is 0 Å². The zero-order valence-corrected chi connectivity index (χ0v) is 5.48. The van der Waals surface area contributed by atoms with Crippen LogP contribution >= 0.6 is 0 Å². The summed E-state index contributed by atoms with van der Waals surface area (Å²) in [6, 6.07) is -3.64. The number of nitrogens with zero attached hydrogens (tertiary/aromatic N) is 1. The minimum atomic E-state index is -3.64. The number of hydrogen-bond donors (Lipinski definition) is 0. The topological polar surface area (TPSA) is 20.3 Å². The molecule has 0 fully saturated rings. The van der Waals surface area contributed by atoms with Crippen molar-refractivity contribution in [1.29, 1.82) is 0 Å². The molecule has 0 aliphatic rings. The van der Waals surface area contributed by atoms with Crippen LogP contribution in [0, 0.1) is 0 Å². The summed E-state index contributed by atoms with van der Waals surface area (Å²) in [5.41, 5.74) is 0. The van der Waals surface area contributed by atoms with Gasteiger partial charge in [-0.25, -0.2) is 4.39 Å². The monoisotopic (exact) mass is 155 g/mol. The Balaban J connectivity index is 4.10. The van der Waals surface area contributed by atoms with Gasteiger partial charge in [0.2, 0.25) is 6.41 Å². The number of halogens is 3. The standard InChI is InChI=1S/C5H8F3NO/c1-2-9(4-10)5(7,8)3-6/h4H,2-3H2,1H3. The molecule has 0 spiro atoms. The third-order valence-corrected chi connectivity index (χ3v) is 1.05. The average Bonchev–Trinajstić information content (AvgIpc) is 1.90. The van der Waals surface area contributed by atoms with Gasteiger partial charge in [0.15, 0.2) is 6.67 Å². The van der Waals surface area contributed by atoms with Gasteiger partial charge in [-0.2, -0.15) is 8.78 Å². The molecule has 1 amide bonds. The molecule has 0 rings (SSSR count). The van der Waals surface area contributed by atoms with Crippen molar-refractivity contribution in [3.05, 3.63) is 0 Å². The first kappa shape index (κ1) is 9.26. The first-order valence-corrected chi connectivity index (χ1v) is 2.74. The van der Waals surface area contributed by atoms with Gasteiger partial charge in [0.1, 0.15) is 0 Å². The van der Waals surface area contributed by atoms with Crippen LogP contribution in [-0.2, 0) is 4.79 Å². The summed E-state index contributed by atoms with van der Waals surface area (Å²) in [4.78, 5) is 9.93. The van der Waals surface area contributed by atoms with Gasteiger partial charge in [-0.3, -0.25) is 9.69 Å². The molecule has 0 aromatic heterocycles. The van der Waals surface area contributed by atoms with Crippen molar-refractivity contribution in [2.75, 3.05) is 13.2 Å². The Kier molecular flexibility index (Phi) is 3.18. The Bertz CT molecular complexity index is 117. The maximum absolute atomic E-state index is 12.1. The Morgan fingerprint density at radius 1 is 1.60 bits per heavy atom. The van der Waals surface area contributed by atoms with E-state index >= 15 is 0 Å².